The molecule has 2 heterocycles. The molecule has 4 atom stereocenters. The number of nitrogens with two attached hydrogens (primary N) is 1. The number of primary amides is 1. The van der Waals surface area contributed by atoms with E-state index < -0.39 is 36.7 Å². The Bertz CT molecular complexity index is 812. The number of aliphatic carboxylic acids is 1. The number of methoxy groups -OCH3 is 1. The van der Waals surface area contributed by atoms with Gasteiger partial charge < -0.3 is 25.2 Å². The molecule has 0 saturated carbocycles. The second-order valence-electron chi connectivity index (χ2n) is 6.96. The van der Waals surface area contributed by atoms with Crippen molar-refractivity contribution in [2.75, 3.05) is 13.7 Å². The van der Waals surface area contributed by atoms with Crippen LogP contribution in [0.2, 0.25) is 0 Å². The second-order valence-corrected chi connectivity index (χ2v) is 6.96. The maximum absolute atomic E-state index is 13.2. The molecule has 4 unspecified atom stereocenters. The molecule has 9 nitrogen and oxygen atoms in total. The van der Waals surface area contributed by atoms with Gasteiger partial charge in [-0.25, -0.2) is 4.79 Å². The van der Waals surface area contributed by atoms with Crippen LogP contribution in [0.3, 0.4) is 0 Å². The van der Waals surface area contributed by atoms with Gasteiger partial charge >= 0.3 is 5.97 Å². The Labute approximate surface area is 162 Å². The highest BCUT2D eigenvalue weighted by molar-refractivity contribution is 6.09. The topological polar surface area (TPSA) is 132 Å². The first kappa shape index (κ1) is 20.0. The molecule has 2 amide bonds. The zero-order valence-electron chi connectivity index (χ0n) is 15.7. The third-order valence-corrected chi connectivity index (χ3v) is 5.06. The number of allylic oxidation sites excluding steroid dienone is 2. The van der Waals surface area contributed by atoms with Gasteiger partial charge in [0.1, 0.15) is 12.7 Å². The molecule has 0 aromatic rings. The zero-order chi connectivity index (χ0) is 20.4. The Hall–Kier alpha value is -2.78. The number of nitrogens with zero attached hydrogens (tertiary/aromatic N) is 2. The fourth-order valence-electron chi connectivity index (χ4n) is 3.76. The third-order valence-electron chi connectivity index (χ3n) is 5.06. The Morgan fingerprint density at radius 3 is 2.86 bits per heavy atom. The van der Waals surface area contributed by atoms with E-state index in [0.29, 0.717) is 18.6 Å². The molecule has 3 aliphatic rings. The number of amides is 2. The largest absolute Gasteiger partial charge is 0.480 e. The molecule has 28 heavy (non-hydrogen) atoms. The molecular weight excluding hydrogens is 366 g/mol. The summed E-state index contributed by atoms with van der Waals surface area (Å²) < 4.78 is 11.1. The van der Waals surface area contributed by atoms with Crippen LogP contribution in [-0.4, -0.2) is 65.6 Å². The van der Waals surface area contributed by atoms with Crippen molar-refractivity contribution in [1.82, 2.24) is 4.90 Å². The molecule has 1 aliphatic carbocycles. The van der Waals surface area contributed by atoms with Gasteiger partial charge in [-0.3, -0.25) is 14.6 Å². The summed E-state index contributed by atoms with van der Waals surface area (Å²) in [5.74, 6) is -2.36. The lowest BCUT2D eigenvalue weighted by atomic mass is 9.85. The molecule has 0 bridgehead atoms. The number of carbonyl (C=O) groups excluding carboxylic acids is 2. The molecule has 0 aromatic carbocycles. The summed E-state index contributed by atoms with van der Waals surface area (Å²) in [7, 11) is 1.51. The van der Waals surface area contributed by atoms with Crippen molar-refractivity contribution in [1.29, 1.82) is 0 Å². The lowest BCUT2D eigenvalue weighted by molar-refractivity contribution is -0.142. The standard InChI is InChI=1S/C19H23N3O6/c1-10-3-5-12-16(17(10)28-9-15(24)25)21-18(27-2)13-7-11(4-6-14(20)23)8-22(13)19(12)26/h3-4,6,8,12-13,17-18H,5,7,9H2,1-2H3,(H2,20,23)(H,24,25). The van der Waals surface area contributed by atoms with E-state index in [-0.39, 0.29) is 11.9 Å². The quantitative estimate of drug-likeness (QED) is 0.498. The first-order valence-corrected chi connectivity index (χ1v) is 8.92. The van der Waals surface area contributed by atoms with E-state index in [2.05, 4.69) is 4.99 Å². The molecule has 150 valence electrons. The number of carboxylic acid groups (broad SMARTS) is 1. The highest BCUT2D eigenvalue weighted by Crippen LogP contribution is 2.35. The first-order valence-electron chi connectivity index (χ1n) is 8.92. The van der Waals surface area contributed by atoms with Gasteiger partial charge in [0, 0.05) is 19.4 Å². The summed E-state index contributed by atoms with van der Waals surface area (Å²) in [4.78, 5) is 41.4. The maximum Gasteiger partial charge on any atom is 0.329 e. The Morgan fingerprint density at radius 1 is 1.46 bits per heavy atom. The zero-order valence-corrected chi connectivity index (χ0v) is 15.7. The van der Waals surface area contributed by atoms with Crippen LogP contribution in [0.5, 0.6) is 0 Å². The van der Waals surface area contributed by atoms with Crippen molar-refractivity contribution in [3.05, 3.63) is 35.6 Å². The van der Waals surface area contributed by atoms with Gasteiger partial charge in [-0.05, 0) is 30.9 Å². The number of hydrogen-bond acceptors (Lipinski definition) is 6. The van der Waals surface area contributed by atoms with Gasteiger partial charge in [-0.1, -0.05) is 12.2 Å². The van der Waals surface area contributed by atoms with E-state index in [1.54, 1.807) is 17.2 Å². The van der Waals surface area contributed by atoms with Crippen LogP contribution in [0.1, 0.15) is 19.8 Å². The van der Waals surface area contributed by atoms with E-state index >= 15 is 0 Å². The number of carbonyl (C=O) groups is 3. The minimum atomic E-state index is -1.09. The molecule has 0 spiro atoms. The average molecular weight is 389 g/mol. The fourth-order valence-corrected chi connectivity index (χ4v) is 3.76. The molecule has 3 N–H and O–H groups in total. The predicted octanol–water partition coefficient (Wildman–Crippen LogP) is 0.376. The molecule has 0 radical (unpaired) electrons. The van der Waals surface area contributed by atoms with Crippen LogP contribution < -0.4 is 5.73 Å². The smallest absolute Gasteiger partial charge is 0.329 e. The number of carboxylic acids is 1. The minimum absolute atomic E-state index is 0.154. The van der Waals surface area contributed by atoms with Gasteiger partial charge in [0.25, 0.3) is 0 Å². The van der Waals surface area contributed by atoms with E-state index in [1.807, 2.05) is 13.0 Å². The lowest BCUT2D eigenvalue weighted by Crippen LogP contribution is -2.44. The summed E-state index contributed by atoms with van der Waals surface area (Å²) in [5.41, 5.74) is 7.24. The van der Waals surface area contributed by atoms with Crippen molar-refractivity contribution < 1.29 is 29.0 Å². The van der Waals surface area contributed by atoms with Crippen molar-refractivity contribution in [2.24, 2.45) is 16.6 Å². The van der Waals surface area contributed by atoms with Gasteiger partial charge in [-0.2, -0.15) is 0 Å². The number of ether oxygens (including phenoxy) is 2. The highest BCUT2D eigenvalue weighted by Gasteiger charge is 2.45. The molecule has 2 aliphatic heterocycles. The summed E-state index contributed by atoms with van der Waals surface area (Å²) in [6.45, 7) is 1.35. The maximum atomic E-state index is 13.2. The summed E-state index contributed by atoms with van der Waals surface area (Å²) >= 11 is 0. The van der Waals surface area contributed by atoms with Gasteiger partial charge in [-0.15, -0.1) is 0 Å². The van der Waals surface area contributed by atoms with Crippen molar-refractivity contribution in [3.8, 4) is 0 Å². The lowest BCUT2D eigenvalue weighted by Gasteiger charge is -2.30. The molecule has 3 rings (SSSR count). The Balaban J connectivity index is 1.93. The van der Waals surface area contributed by atoms with E-state index in [0.717, 1.165) is 11.1 Å². The van der Waals surface area contributed by atoms with E-state index in [4.69, 9.17) is 20.3 Å². The summed E-state index contributed by atoms with van der Waals surface area (Å²) in [6, 6.07) is -0.358. The number of rotatable bonds is 6. The van der Waals surface area contributed by atoms with Crippen LogP contribution in [-0.2, 0) is 23.9 Å². The van der Waals surface area contributed by atoms with Crippen LogP contribution in [0.15, 0.2) is 40.6 Å². The Morgan fingerprint density at radius 2 is 2.21 bits per heavy atom. The molecule has 0 aromatic heterocycles. The fraction of sp³-hybridized carbons (Fsp3) is 0.474. The van der Waals surface area contributed by atoms with Crippen LogP contribution >= 0.6 is 0 Å². The molecule has 0 saturated heterocycles. The number of fused-ring (bicyclic) bond motifs is 2. The monoisotopic (exact) mass is 389 g/mol. The summed E-state index contributed by atoms with van der Waals surface area (Å²) in [5, 5.41) is 8.95. The van der Waals surface area contributed by atoms with E-state index in [1.165, 1.54) is 13.2 Å². The van der Waals surface area contributed by atoms with Crippen molar-refractivity contribution in [2.45, 2.75) is 38.1 Å². The average Bonchev–Trinajstić information content (AvgIpc) is 3.03. The molecule has 9 heteroatoms. The van der Waals surface area contributed by atoms with E-state index in [9.17, 15) is 14.4 Å². The van der Waals surface area contributed by atoms with Crippen LogP contribution in [0, 0.1) is 5.92 Å². The van der Waals surface area contributed by atoms with Crippen LogP contribution in [0.4, 0.5) is 0 Å². The third kappa shape index (κ3) is 3.90. The normalized spacial score (nSPS) is 29.6. The summed E-state index contributed by atoms with van der Waals surface area (Å²) in [6.07, 6.45) is 6.02. The Kier molecular flexibility index (Phi) is 5.76. The van der Waals surface area contributed by atoms with Gasteiger partial charge in [0.2, 0.25) is 11.8 Å². The SMILES string of the molecule is COC1N=C2C(CC=C(C)C2OCC(=O)O)C(=O)N2C=C(C=CC(N)=O)CC12. The predicted molar refractivity (Wildman–Crippen MR) is 99.1 cm³/mol. The van der Waals surface area contributed by atoms with Crippen LogP contribution in [0.25, 0.3) is 0 Å². The van der Waals surface area contributed by atoms with Gasteiger partial charge in [0.05, 0.1) is 17.7 Å². The number of hydrogen-bond donors (Lipinski definition) is 2. The molecule has 0 fully saturated rings. The molecular formula is C19H23N3O6. The minimum Gasteiger partial charge on any atom is -0.480 e. The highest BCUT2D eigenvalue weighted by atomic mass is 16.5. The van der Waals surface area contributed by atoms with Crippen molar-refractivity contribution >= 4 is 23.5 Å². The van der Waals surface area contributed by atoms with Gasteiger partial charge in [0.15, 0.2) is 6.23 Å². The number of aliphatic imine (C=N–C) groups is 1. The second kappa shape index (κ2) is 8.07. The van der Waals surface area contributed by atoms with Crippen molar-refractivity contribution in [3.63, 3.8) is 0 Å². The first-order chi connectivity index (χ1) is 13.3.